The number of hydrogen-bond donors (Lipinski definition) is 9. The quantitative estimate of drug-likeness (QED) is 0.0285. The van der Waals surface area contributed by atoms with Gasteiger partial charge in [0.05, 0.1) is 39.5 Å². The number of aliphatic hydroxyl groups is 4. The molecule has 3 saturated heterocycles. The molecule has 43 heteroatoms. The van der Waals surface area contributed by atoms with Gasteiger partial charge >= 0.3 is 5.65 Å². The molecule has 3 aliphatic heterocycles. The monoisotopic (exact) mass is 1150 g/mol. The molecule has 404 valence electrons. The number of nitrogens with two attached hydrogens (primary N) is 3. The minimum atomic E-state index is -6.60. The Bertz CT molecular complexity index is 3460. The number of H-pyrrole nitrogens is 2. The van der Waals surface area contributed by atoms with Crippen LogP contribution in [0, 0.1) is 0 Å². The molecule has 0 saturated carbocycles. The lowest BCUT2D eigenvalue weighted by Crippen LogP contribution is -2.46. The number of hydrogen-bond acceptors (Lipinski definition) is 32. The SMILES string of the molecule is Cn1c[n+]([C@@H]2O[C@H](COP(=O)([O-])OP(=O)([O-])OP(=O)([O-])OC[C@H]3O[C@@H](n4cnc5c(N)ncnc54)[C@@H](F)C3OP([O-])(=S)OC[C@H]3O[C@@H](n4cnc5c(=O)[nH]c(N)nc54)C(O)[C@H]3O)C(O)[C@@H]2O)c2nc(N)[nH]c(=O)c21. The molecular weight excluding hydrogens is 1110 g/mol. The van der Waals surface area contributed by atoms with Crippen LogP contribution in [0.2, 0.25) is 0 Å². The van der Waals surface area contributed by atoms with Crippen LogP contribution < -0.4 is 52.5 Å². The number of ether oxygens (including phenoxy) is 3. The summed E-state index contributed by atoms with van der Waals surface area (Å²) in [7, 11) is -17.7. The second-order valence-electron chi connectivity index (χ2n) is 16.1. The fourth-order valence-electron chi connectivity index (χ4n) is 7.99. The third kappa shape index (κ3) is 10.7. The number of nitrogens with one attached hydrogen (secondary N) is 2. The number of aliphatic hydroxyl groups excluding tert-OH is 4. The molecule has 12 N–H and O–H groups in total. The fraction of sp³-hybridized carbons (Fsp3) is 0.516. The van der Waals surface area contributed by atoms with Crippen LogP contribution in [0.3, 0.4) is 0 Å². The first kappa shape index (κ1) is 54.0. The number of halogens is 1. The molecule has 0 spiro atoms. The van der Waals surface area contributed by atoms with Gasteiger partial charge in [0, 0.05) is 0 Å². The first-order chi connectivity index (χ1) is 34.6. The van der Waals surface area contributed by atoms with Crippen molar-refractivity contribution in [2.24, 2.45) is 7.05 Å². The fourth-order valence-corrected chi connectivity index (χ4v) is 12.8. The Labute approximate surface area is 413 Å². The molecule has 6 aromatic heterocycles. The second kappa shape index (κ2) is 20.0. The highest BCUT2D eigenvalue weighted by atomic mass is 32.5. The minimum Gasteiger partial charge on any atom is -0.780 e. The van der Waals surface area contributed by atoms with Gasteiger partial charge in [0.2, 0.25) is 17.7 Å². The lowest BCUT2D eigenvalue weighted by atomic mass is 10.1. The molecule has 3 fully saturated rings. The third-order valence-corrected chi connectivity index (χ3v) is 16.9. The van der Waals surface area contributed by atoms with Crippen LogP contribution >= 0.6 is 30.2 Å². The number of imidazole rings is 3. The zero-order valence-electron chi connectivity index (χ0n) is 36.8. The largest absolute Gasteiger partial charge is 0.780 e. The Kier molecular flexibility index (Phi) is 14.6. The summed E-state index contributed by atoms with van der Waals surface area (Å²) in [5, 5.41) is 43.0. The molecule has 0 radical (unpaired) electrons. The van der Waals surface area contributed by atoms with Crippen molar-refractivity contribution in [1.82, 2.24) is 53.6 Å². The number of rotatable bonds is 18. The number of nitrogen functional groups attached to an aromatic ring is 3. The van der Waals surface area contributed by atoms with E-state index in [2.05, 4.69) is 57.5 Å². The zero-order chi connectivity index (χ0) is 53.6. The van der Waals surface area contributed by atoms with E-state index in [0.29, 0.717) is 0 Å². The van der Waals surface area contributed by atoms with Crippen molar-refractivity contribution in [3.8, 4) is 0 Å². The molecule has 0 amide bonds. The van der Waals surface area contributed by atoms with Crippen molar-refractivity contribution in [2.45, 2.75) is 73.7 Å². The Morgan fingerprint density at radius 3 is 2.00 bits per heavy atom. The van der Waals surface area contributed by atoms with Gasteiger partial charge in [-0.1, -0.05) is 16.8 Å². The zero-order valence-corrected chi connectivity index (χ0v) is 41.2. The summed E-state index contributed by atoms with van der Waals surface area (Å²) in [5.41, 5.74) is 14.9. The van der Waals surface area contributed by atoms with Gasteiger partial charge in [-0.2, -0.15) is 4.98 Å². The smallest absolute Gasteiger partial charge is 0.313 e. The maximum atomic E-state index is 16.5. The summed E-state index contributed by atoms with van der Waals surface area (Å²) < 4.78 is 103. The van der Waals surface area contributed by atoms with Gasteiger partial charge in [-0.05, 0) is 0 Å². The molecule has 6 aromatic rings. The van der Waals surface area contributed by atoms with Crippen LogP contribution in [0.4, 0.5) is 22.1 Å². The second-order valence-corrected chi connectivity index (χ2v) is 23.3. The van der Waals surface area contributed by atoms with E-state index in [9.17, 15) is 63.3 Å². The number of aromatic amines is 2. The summed E-state index contributed by atoms with van der Waals surface area (Å²) in [6.07, 6.45) is -18.4. The summed E-state index contributed by atoms with van der Waals surface area (Å²) in [6.45, 7) is -8.73. The molecule has 7 unspecified atom stereocenters. The van der Waals surface area contributed by atoms with Crippen molar-refractivity contribution < 1.29 is 104 Å². The van der Waals surface area contributed by atoms with Gasteiger partial charge in [0.1, 0.15) is 67.4 Å². The van der Waals surface area contributed by atoms with E-state index >= 15 is 4.39 Å². The van der Waals surface area contributed by atoms with E-state index < -0.39 is 135 Å². The maximum absolute atomic E-state index is 16.5. The maximum Gasteiger partial charge on any atom is 0.313 e. The molecule has 3 aliphatic rings. The van der Waals surface area contributed by atoms with Gasteiger partial charge < -0.3 is 89.5 Å². The number of alkyl halides is 1. The molecule has 74 heavy (non-hydrogen) atoms. The van der Waals surface area contributed by atoms with Gasteiger partial charge in [-0.25, -0.2) is 37.5 Å². The lowest BCUT2D eigenvalue weighted by Gasteiger charge is -2.35. The predicted octanol–water partition coefficient (Wildman–Crippen LogP) is -6.80. The number of nitrogens with zero attached hydrogens (tertiary/aromatic N) is 10. The summed E-state index contributed by atoms with van der Waals surface area (Å²) in [5.74, 6) is -0.832. The topological polar surface area (TPSA) is 547 Å². The van der Waals surface area contributed by atoms with Crippen molar-refractivity contribution >= 4 is 93.2 Å². The van der Waals surface area contributed by atoms with Crippen LogP contribution in [-0.4, -0.2) is 149 Å². The van der Waals surface area contributed by atoms with Crippen LogP contribution in [-0.2, 0) is 73.5 Å². The Hall–Kier alpha value is -4.76. The molecule has 0 bridgehead atoms. The van der Waals surface area contributed by atoms with Gasteiger partial charge in [0.15, 0.2) is 47.6 Å². The molecule has 37 nitrogen and oxygen atoms in total. The number of phosphoric ester groups is 2. The number of anilines is 3. The molecular formula is C31H37FN15O22P4S-3. The number of fused-ring (bicyclic) bond motifs is 3. The number of phosphoric acid groups is 3. The van der Waals surface area contributed by atoms with Crippen LogP contribution in [0.25, 0.3) is 33.5 Å². The Balaban J connectivity index is 0.850. The van der Waals surface area contributed by atoms with E-state index in [1.54, 1.807) is 0 Å². The van der Waals surface area contributed by atoms with E-state index in [0.717, 1.165) is 32.7 Å². The average Bonchev–Trinajstić information content (AvgIpc) is 4.15. The van der Waals surface area contributed by atoms with Crippen molar-refractivity contribution in [3.63, 3.8) is 0 Å². The molecule has 0 aromatic carbocycles. The predicted molar refractivity (Wildman–Crippen MR) is 231 cm³/mol. The molecule has 9 heterocycles. The van der Waals surface area contributed by atoms with Gasteiger partial charge in [-0.3, -0.25) is 47.0 Å². The first-order valence-corrected chi connectivity index (χ1v) is 27.6. The van der Waals surface area contributed by atoms with E-state index in [-0.39, 0.29) is 51.2 Å². The number of aromatic nitrogens is 12. The Morgan fingerprint density at radius 2 is 1.31 bits per heavy atom. The van der Waals surface area contributed by atoms with Crippen molar-refractivity contribution in [3.05, 3.63) is 46.0 Å². The van der Waals surface area contributed by atoms with Crippen LogP contribution in [0.5, 0.6) is 0 Å². The highest BCUT2D eigenvalue weighted by molar-refractivity contribution is 8.06. The minimum absolute atomic E-state index is 0.0520. The van der Waals surface area contributed by atoms with Crippen molar-refractivity contribution in [2.75, 3.05) is 37.0 Å². The molecule has 9 rings (SSSR count). The third-order valence-electron chi connectivity index (χ3n) is 11.2. The lowest BCUT2D eigenvalue weighted by molar-refractivity contribution is -0.745. The van der Waals surface area contributed by atoms with E-state index in [1.165, 1.54) is 17.9 Å². The van der Waals surface area contributed by atoms with E-state index in [1.807, 2.05) is 0 Å². The summed E-state index contributed by atoms with van der Waals surface area (Å²) in [6, 6.07) is 0. The van der Waals surface area contributed by atoms with Gasteiger partial charge in [0.25, 0.3) is 40.5 Å². The van der Waals surface area contributed by atoms with Crippen LogP contribution in [0.15, 0.2) is 34.9 Å². The Morgan fingerprint density at radius 1 is 0.743 bits per heavy atom. The first-order valence-electron chi connectivity index (χ1n) is 20.7. The summed E-state index contributed by atoms with van der Waals surface area (Å²) >= 11 is 4.98. The highest BCUT2D eigenvalue weighted by Crippen LogP contribution is 2.63. The normalized spacial score (nSPS) is 30.7. The average molecular weight is 1150 g/mol. The molecule has 16 atom stereocenters. The standard InChI is InChI=1S/C31H40FN15O22P4S/c1-44-8-47(24-15(44)26(53)43-31(35)41-24)29-19(51)16(48)9(65-29)2-61-70(54,55)68-72(58,59)69-71(56,57)62-4-11-20(12(32)27(66-11)45-6-38-13-21(33)36-5-37-22(13)45)67-73(60,74)63-3-10-17(49)18(50)28(64-10)46-7-39-14-23(46)40-30(34)42-25(14)52/h5-12,16-20,27-29,48-51H,2-4H2,1H3,(H11-,33,34,35,36,37,40,41,42,43,52,53,54,55,56,57,58,59,60,74)/p-3/t9-,10-,11-,12+,16?,17+,18?,19+,20?,27-,28-,29-,73?/m1/s1. The van der Waals surface area contributed by atoms with E-state index in [4.69, 9.17) is 52.3 Å². The molecule has 0 aliphatic carbocycles. The van der Waals surface area contributed by atoms with Crippen LogP contribution in [0.1, 0.15) is 18.7 Å². The van der Waals surface area contributed by atoms with Gasteiger partial charge in [-0.15, -0.1) is 0 Å². The highest BCUT2D eigenvalue weighted by Gasteiger charge is 2.51. The summed E-state index contributed by atoms with van der Waals surface area (Å²) in [4.78, 5) is 105. The van der Waals surface area contributed by atoms with Crippen molar-refractivity contribution in [1.29, 1.82) is 0 Å². The number of aryl methyl sites for hydroxylation is 1.